The summed E-state index contributed by atoms with van der Waals surface area (Å²) in [6.07, 6.45) is 0. The third kappa shape index (κ3) is 2.05. The first-order valence-corrected chi connectivity index (χ1v) is 5.34. The number of carbonyl (C=O) groups is 2. The van der Waals surface area contributed by atoms with Crippen molar-refractivity contribution in [1.29, 1.82) is 0 Å². The predicted octanol–water partition coefficient (Wildman–Crippen LogP) is 1.22. The third-order valence-electron chi connectivity index (χ3n) is 3.09. The van der Waals surface area contributed by atoms with Crippen LogP contribution in [0.2, 0.25) is 0 Å². The number of benzene rings is 1. The predicted molar refractivity (Wildman–Crippen MR) is 57.9 cm³/mol. The maximum atomic E-state index is 13.1. The molecule has 18 heavy (non-hydrogen) atoms. The van der Waals surface area contributed by atoms with E-state index >= 15 is 0 Å². The van der Waals surface area contributed by atoms with Gasteiger partial charge in [0.1, 0.15) is 17.6 Å². The van der Waals surface area contributed by atoms with Crippen LogP contribution >= 0.6 is 0 Å². The highest BCUT2D eigenvalue weighted by Gasteiger charge is 2.44. The number of hydrogen-bond donors (Lipinski definition) is 1. The molecule has 1 amide bonds. The van der Waals surface area contributed by atoms with Gasteiger partial charge in [0.2, 0.25) is 5.91 Å². The highest BCUT2D eigenvalue weighted by atomic mass is 19.1. The summed E-state index contributed by atoms with van der Waals surface area (Å²) in [5, 5.41) is 9.04. The Morgan fingerprint density at radius 2 is 1.89 bits per heavy atom. The van der Waals surface area contributed by atoms with Crippen molar-refractivity contribution in [3.8, 4) is 0 Å². The molecule has 0 bridgehead atoms. The molecule has 1 N–H and O–H groups in total. The van der Waals surface area contributed by atoms with Gasteiger partial charge in [-0.3, -0.25) is 9.59 Å². The van der Waals surface area contributed by atoms with Crippen LogP contribution in [-0.2, 0) is 9.59 Å². The average Bonchev–Trinajstić information content (AvgIpc) is 2.54. The first kappa shape index (κ1) is 12.5. The normalized spacial score (nSPS) is 23.5. The SMILES string of the molecule is CN1C[C@H](c2cc(F)cc(F)c2)C(C(=O)O)C1=O. The van der Waals surface area contributed by atoms with Gasteiger partial charge >= 0.3 is 5.97 Å². The monoisotopic (exact) mass is 255 g/mol. The second-order valence-corrected chi connectivity index (χ2v) is 4.34. The van der Waals surface area contributed by atoms with E-state index in [1.165, 1.54) is 11.9 Å². The number of aliphatic carboxylic acids is 1. The van der Waals surface area contributed by atoms with Crippen molar-refractivity contribution < 1.29 is 23.5 Å². The minimum Gasteiger partial charge on any atom is -0.481 e. The molecule has 0 saturated carbocycles. The molecule has 1 fully saturated rings. The molecule has 1 aromatic rings. The molecule has 0 aliphatic carbocycles. The van der Waals surface area contributed by atoms with Crippen molar-refractivity contribution in [2.24, 2.45) is 5.92 Å². The number of carboxylic acid groups (broad SMARTS) is 1. The molecule has 96 valence electrons. The van der Waals surface area contributed by atoms with Gasteiger partial charge in [0.05, 0.1) is 0 Å². The van der Waals surface area contributed by atoms with E-state index in [0.29, 0.717) is 6.07 Å². The minimum atomic E-state index is -1.28. The molecule has 0 aromatic heterocycles. The Morgan fingerprint density at radius 3 is 2.39 bits per heavy atom. The van der Waals surface area contributed by atoms with E-state index in [1.54, 1.807) is 0 Å². The molecule has 1 aliphatic rings. The summed E-state index contributed by atoms with van der Waals surface area (Å²) in [5.74, 6) is -5.40. The smallest absolute Gasteiger partial charge is 0.316 e. The summed E-state index contributed by atoms with van der Waals surface area (Å²) in [4.78, 5) is 24.0. The number of halogens is 2. The second kappa shape index (κ2) is 4.36. The Morgan fingerprint density at radius 1 is 1.33 bits per heavy atom. The standard InChI is InChI=1S/C12H11F2NO3/c1-15-5-9(10(11(15)16)12(17)18)6-2-7(13)4-8(14)3-6/h2-4,9-10H,5H2,1H3,(H,17,18)/t9-,10?/m1/s1. The van der Waals surface area contributed by atoms with Crippen LogP contribution in [-0.4, -0.2) is 35.5 Å². The molecule has 2 rings (SSSR count). The summed E-state index contributed by atoms with van der Waals surface area (Å²) in [5.41, 5.74) is 0.192. The summed E-state index contributed by atoms with van der Waals surface area (Å²) < 4.78 is 26.2. The van der Waals surface area contributed by atoms with Gasteiger partial charge in [-0.2, -0.15) is 0 Å². The zero-order valence-electron chi connectivity index (χ0n) is 9.56. The molecular formula is C12H11F2NO3. The van der Waals surface area contributed by atoms with Crippen molar-refractivity contribution >= 4 is 11.9 Å². The summed E-state index contributed by atoms with van der Waals surface area (Å²) in [6.45, 7) is 0.138. The van der Waals surface area contributed by atoms with Crippen LogP contribution in [0.3, 0.4) is 0 Å². The molecule has 1 unspecified atom stereocenters. The number of carboxylic acids is 1. The first-order chi connectivity index (χ1) is 8.40. The molecular weight excluding hydrogens is 244 g/mol. The molecule has 1 aliphatic heterocycles. The van der Waals surface area contributed by atoms with Gasteiger partial charge in [-0.15, -0.1) is 0 Å². The van der Waals surface area contributed by atoms with Gasteiger partial charge in [-0.25, -0.2) is 8.78 Å². The van der Waals surface area contributed by atoms with E-state index in [0.717, 1.165) is 12.1 Å². The third-order valence-corrected chi connectivity index (χ3v) is 3.09. The lowest BCUT2D eigenvalue weighted by Crippen LogP contribution is -2.28. The van der Waals surface area contributed by atoms with E-state index in [1.807, 2.05) is 0 Å². The van der Waals surface area contributed by atoms with Gasteiger partial charge in [0.25, 0.3) is 0 Å². The molecule has 1 heterocycles. The molecule has 6 heteroatoms. The van der Waals surface area contributed by atoms with Crippen LogP contribution in [0.25, 0.3) is 0 Å². The number of likely N-dealkylation sites (N-methyl/N-ethyl adjacent to an activating group) is 1. The van der Waals surface area contributed by atoms with Crippen LogP contribution in [0.4, 0.5) is 8.78 Å². The number of amides is 1. The largest absolute Gasteiger partial charge is 0.481 e. The van der Waals surface area contributed by atoms with Crippen LogP contribution in [0.1, 0.15) is 11.5 Å². The lowest BCUT2D eigenvalue weighted by atomic mass is 9.88. The van der Waals surface area contributed by atoms with Crippen molar-refractivity contribution in [1.82, 2.24) is 4.90 Å². The second-order valence-electron chi connectivity index (χ2n) is 4.34. The summed E-state index contributed by atoms with van der Waals surface area (Å²) in [7, 11) is 1.47. The topological polar surface area (TPSA) is 57.6 Å². The molecule has 2 atom stereocenters. The minimum absolute atomic E-state index is 0.138. The molecule has 0 radical (unpaired) electrons. The van der Waals surface area contributed by atoms with Crippen LogP contribution in [0, 0.1) is 17.6 Å². The zero-order chi connectivity index (χ0) is 13.4. The summed E-state index contributed by atoms with van der Waals surface area (Å²) in [6, 6.07) is 2.84. The van der Waals surface area contributed by atoms with Gasteiger partial charge in [-0.05, 0) is 17.7 Å². The Balaban J connectivity index is 2.42. The van der Waals surface area contributed by atoms with Crippen LogP contribution in [0.15, 0.2) is 18.2 Å². The molecule has 4 nitrogen and oxygen atoms in total. The van der Waals surface area contributed by atoms with E-state index in [9.17, 15) is 18.4 Å². The van der Waals surface area contributed by atoms with Gasteiger partial charge in [-0.1, -0.05) is 0 Å². The lowest BCUT2D eigenvalue weighted by molar-refractivity contribution is -0.147. The first-order valence-electron chi connectivity index (χ1n) is 5.34. The lowest BCUT2D eigenvalue weighted by Gasteiger charge is -2.13. The highest BCUT2D eigenvalue weighted by Crippen LogP contribution is 2.33. The molecule has 1 aromatic carbocycles. The molecule has 0 spiro atoms. The number of carbonyl (C=O) groups excluding carboxylic acids is 1. The Hall–Kier alpha value is -1.98. The zero-order valence-corrected chi connectivity index (χ0v) is 9.56. The quantitative estimate of drug-likeness (QED) is 0.808. The van der Waals surface area contributed by atoms with Gasteiger partial charge in [0.15, 0.2) is 0 Å². The Labute approximate surface area is 102 Å². The summed E-state index contributed by atoms with van der Waals surface area (Å²) >= 11 is 0. The Kier molecular flexibility index (Phi) is 3.02. The number of likely N-dealkylation sites (tertiary alicyclic amines) is 1. The number of hydrogen-bond acceptors (Lipinski definition) is 2. The van der Waals surface area contributed by atoms with E-state index in [2.05, 4.69) is 0 Å². The van der Waals surface area contributed by atoms with E-state index < -0.39 is 35.3 Å². The van der Waals surface area contributed by atoms with E-state index in [4.69, 9.17) is 5.11 Å². The maximum absolute atomic E-state index is 13.1. The van der Waals surface area contributed by atoms with Crippen LogP contribution in [0.5, 0.6) is 0 Å². The van der Waals surface area contributed by atoms with Gasteiger partial charge < -0.3 is 10.0 Å². The fourth-order valence-electron chi connectivity index (χ4n) is 2.26. The number of rotatable bonds is 2. The van der Waals surface area contributed by atoms with E-state index in [-0.39, 0.29) is 12.1 Å². The van der Waals surface area contributed by atoms with Gasteiger partial charge in [0, 0.05) is 25.6 Å². The van der Waals surface area contributed by atoms with Crippen molar-refractivity contribution in [2.45, 2.75) is 5.92 Å². The average molecular weight is 255 g/mol. The van der Waals surface area contributed by atoms with Crippen LogP contribution < -0.4 is 0 Å². The highest BCUT2D eigenvalue weighted by molar-refractivity contribution is 5.99. The van der Waals surface area contributed by atoms with Crippen molar-refractivity contribution in [3.05, 3.63) is 35.4 Å². The number of nitrogens with zero attached hydrogens (tertiary/aromatic N) is 1. The Bertz CT molecular complexity index is 498. The van der Waals surface area contributed by atoms with Crippen molar-refractivity contribution in [3.63, 3.8) is 0 Å². The fraction of sp³-hybridized carbons (Fsp3) is 0.333. The molecule has 1 saturated heterocycles. The maximum Gasteiger partial charge on any atom is 0.316 e. The van der Waals surface area contributed by atoms with Crippen molar-refractivity contribution in [2.75, 3.05) is 13.6 Å². The fourth-order valence-corrected chi connectivity index (χ4v) is 2.26.